The van der Waals surface area contributed by atoms with E-state index in [0.717, 1.165) is 17.0 Å². The zero-order valence-electron chi connectivity index (χ0n) is 24.9. The van der Waals surface area contributed by atoms with Gasteiger partial charge in [-0.05, 0) is 75.0 Å². The number of imide groups is 1. The molecule has 4 aliphatic rings. The predicted octanol–water partition coefficient (Wildman–Crippen LogP) is 4.85. The van der Waals surface area contributed by atoms with E-state index in [-0.39, 0.29) is 51.3 Å². The van der Waals surface area contributed by atoms with Gasteiger partial charge in [-0.15, -0.1) is 0 Å². The maximum atomic E-state index is 14.3. The third-order valence-corrected chi connectivity index (χ3v) is 10.5. The SMILES string of the molecule is COc1cc([C@H]2C3=CC[C@@H]4C(=O)N(c5cc([N+](=O)[O-])c(N(C)C)c([N+](=O)[O-])c5)C(=O)[C@@H]4[C@@H]3CC3=C2C(=O)C=C(Br)C3=O)cc(I)c1O. The van der Waals surface area contributed by atoms with E-state index in [1.54, 1.807) is 18.2 Å². The molecule has 0 aromatic heterocycles. The van der Waals surface area contributed by atoms with Crippen molar-refractivity contribution in [1.82, 2.24) is 0 Å². The van der Waals surface area contributed by atoms with E-state index < -0.39 is 68.3 Å². The first-order chi connectivity index (χ1) is 22.2. The van der Waals surface area contributed by atoms with Gasteiger partial charge in [-0.2, -0.15) is 0 Å². The fourth-order valence-corrected chi connectivity index (χ4v) is 8.28. The first-order valence-electron chi connectivity index (χ1n) is 14.1. The van der Waals surface area contributed by atoms with E-state index in [1.165, 1.54) is 32.2 Å². The number of hydrogen-bond acceptors (Lipinski definition) is 11. The predicted molar refractivity (Wildman–Crippen MR) is 179 cm³/mol. The zero-order chi connectivity index (χ0) is 34.2. The van der Waals surface area contributed by atoms with Gasteiger partial charge < -0.3 is 14.7 Å². The highest BCUT2D eigenvalue weighted by Gasteiger charge is 2.57. The van der Waals surface area contributed by atoms with Crippen molar-refractivity contribution in [3.63, 3.8) is 0 Å². The molecule has 3 aliphatic carbocycles. The van der Waals surface area contributed by atoms with Crippen molar-refractivity contribution in [1.29, 1.82) is 0 Å². The molecule has 47 heavy (non-hydrogen) atoms. The molecule has 16 heteroatoms. The molecule has 2 aromatic carbocycles. The number of nitro benzene ring substituents is 2. The highest BCUT2D eigenvalue weighted by molar-refractivity contribution is 14.1. The Bertz CT molecular complexity index is 1930. The smallest absolute Gasteiger partial charge is 0.301 e. The van der Waals surface area contributed by atoms with Crippen molar-refractivity contribution < 1.29 is 38.9 Å². The van der Waals surface area contributed by atoms with Gasteiger partial charge in [0.1, 0.15) is 0 Å². The number of carbonyl (C=O) groups excluding carboxylic acids is 4. The molecule has 6 rings (SSSR count). The number of rotatable bonds is 6. The maximum Gasteiger partial charge on any atom is 0.301 e. The van der Waals surface area contributed by atoms with Crippen LogP contribution < -0.4 is 14.5 Å². The standard InChI is InChI=1S/C31H24BrIN4O10/c1-34(2)27-20(36(43)44)8-13(9-21(27)37(45)46)35-30(41)15-5-4-14-16(25(15)31(35)42)10-17-26(22(38)11-18(32)28(17)39)24(14)12-6-19(33)29(40)23(7-12)47-3/h4,6-9,11,15-16,24-25,40H,5,10H2,1-3H3/t15-,16+,24-,25-/m0/s1. The normalized spacial score (nSPS) is 23.6. The van der Waals surface area contributed by atoms with E-state index in [0.29, 0.717) is 14.7 Å². The number of Topliss-reactive ketones (excluding diaryl/α,β-unsaturated/α-hetero) is 1. The zero-order valence-corrected chi connectivity index (χ0v) is 28.6. The average Bonchev–Trinajstić information content (AvgIpc) is 3.28. The molecule has 1 N–H and O–H groups in total. The second-order valence-electron chi connectivity index (χ2n) is 11.7. The molecule has 14 nitrogen and oxygen atoms in total. The fraction of sp³-hybridized carbons (Fsp3) is 0.290. The minimum absolute atomic E-state index is 0.0363. The summed E-state index contributed by atoms with van der Waals surface area (Å²) in [5.41, 5.74) is -0.348. The third kappa shape index (κ3) is 4.95. The molecule has 0 bridgehead atoms. The van der Waals surface area contributed by atoms with Gasteiger partial charge in [-0.25, -0.2) is 4.90 Å². The molecule has 0 saturated carbocycles. The van der Waals surface area contributed by atoms with Crippen molar-refractivity contribution >= 4 is 84.7 Å². The Balaban J connectivity index is 1.50. The van der Waals surface area contributed by atoms with Crippen LogP contribution in [0.5, 0.6) is 11.5 Å². The van der Waals surface area contributed by atoms with Crippen molar-refractivity contribution in [2.45, 2.75) is 18.8 Å². The van der Waals surface area contributed by atoms with E-state index >= 15 is 0 Å². The number of halogens is 2. The van der Waals surface area contributed by atoms with Crippen molar-refractivity contribution in [2.24, 2.45) is 17.8 Å². The number of nitro groups is 2. The molecule has 2 amide bonds. The number of carbonyl (C=O) groups is 4. The van der Waals surface area contributed by atoms with Crippen LogP contribution in [0.15, 0.2) is 57.6 Å². The van der Waals surface area contributed by atoms with E-state index in [2.05, 4.69) is 15.9 Å². The number of ether oxygens (including phenoxy) is 1. The van der Waals surface area contributed by atoms with Gasteiger partial charge in [0.2, 0.25) is 11.8 Å². The molecule has 1 fully saturated rings. The van der Waals surface area contributed by atoms with Crippen LogP contribution in [-0.2, 0) is 19.2 Å². The summed E-state index contributed by atoms with van der Waals surface area (Å²) in [6, 6.07) is 5.17. The number of benzene rings is 2. The minimum Gasteiger partial charge on any atom is -0.504 e. The van der Waals surface area contributed by atoms with Gasteiger partial charge in [-0.3, -0.25) is 39.4 Å². The topological polar surface area (TPSA) is 190 Å². The number of amides is 2. The van der Waals surface area contributed by atoms with E-state index in [4.69, 9.17) is 4.74 Å². The van der Waals surface area contributed by atoms with Crippen LogP contribution in [-0.4, -0.2) is 59.5 Å². The third-order valence-electron chi connectivity index (χ3n) is 9.09. The number of allylic oxidation sites excluding steroid dienone is 6. The van der Waals surface area contributed by atoms with Gasteiger partial charge in [0, 0.05) is 49.4 Å². The van der Waals surface area contributed by atoms with Gasteiger partial charge in [0.15, 0.2) is 28.8 Å². The lowest BCUT2D eigenvalue weighted by Crippen LogP contribution is -2.39. The van der Waals surface area contributed by atoms with Gasteiger partial charge in [0.25, 0.3) is 0 Å². The summed E-state index contributed by atoms with van der Waals surface area (Å²) >= 11 is 5.10. The Kier molecular flexibility index (Phi) is 8.06. The Hall–Kier alpha value is -4.45. The second kappa shape index (κ2) is 11.7. The lowest BCUT2D eigenvalue weighted by Gasteiger charge is -2.42. The molecule has 0 unspecified atom stereocenters. The van der Waals surface area contributed by atoms with Crippen LogP contribution >= 0.6 is 38.5 Å². The van der Waals surface area contributed by atoms with Crippen LogP contribution in [0.1, 0.15) is 24.3 Å². The largest absolute Gasteiger partial charge is 0.504 e. The molecule has 1 aliphatic heterocycles. The number of hydrogen-bond donors (Lipinski definition) is 1. The molecule has 2 aromatic rings. The van der Waals surface area contributed by atoms with Gasteiger partial charge in [0.05, 0.1) is 42.5 Å². The molecule has 1 heterocycles. The lowest BCUT2D eigenvalue weighted by molar-refractivity contribution is -0.392. The van der Waals surface area contributed by atoms with E-state index in [9.17, 15) is 44.5 Å². The van der Waals surface area contributed by atoms with Crippen LogP contribution in [0.2, 0.25) is 0 Å². The monoisotopic (exact) mass is 818 g/mol. The van der Waals surface area contributed by atoms with Crippen LogP contribution in [0.4, 0.5) is 22.7 Å². The molecule has 0 spiro atoms. The number of nitrogens with zero attached hydrogens (tertiary/aromatic N) is 4. The number of phenolic OH excluding ortho intramolecular Hbond substituents is 1. The summed E-state index contributed by atoms with van der Waals surface area (Å²) in [5.74, 6) is -5.73. The molecule has 242 valence electrons. The van der Waals surface area contributed by atoms with Crippen molar-refractivity contribution in [3.8, 4) is 11.5 Å². The van der Waals surface area contributed by atoms with Crippen molar-refractivity contribution in [2.75, 3.05) is 31.0 Å². The summed E-state index contributed by atoms with van der Waals surface area (Å²) in [6.45, 7) is 0. The molecular formula is C31H24BrIN4O10. The summed E-state index contributed by atoms with van der Waals surface area (Å²) < 4.78 is 5.84. The molecular weight excluding hydrogens is 795 g/mol. The summed E-state index contributed by atoms with van der Waals surface area (Å²) in [6.07, 6.45) is 3.02. The average molecular weight is 819 g/mol. The van der Waals surface area contributed by atoms with Crippen LogP contribution in [0, 0.1) is 41.6 Å². The Morgan fingerprint density at radius 3 is 2.23 bits per heavy atom. The van der Waals surface area contributed by atoms with Gasteiger partial charge in [-0.1, -0.05) is 11.6 Å². The quantitative estimate of drug-likeness (QED) is 0.105. The molecule has 0 radical (unpaired) electrons. The minimum atomic E-state index is -1.03. The highest BCUT2D eigenvalue weighted by Crippen LogP contribution is 2.56. The number of anilines is 2. The Labute approximate surface area is 288 Å². The number of ketones is 2. The number of phenols is 1. The highest BCUT2D eigenvalue weighted by atomic mass is 127. The van der Waals surface area contributed by atoms with E-state index in [1.807, 2.05) is 22.6 Å². The first kappa shape index (κ1) is 32.5. The van der Waals surface area contributed by atoms with Crippen LogP contribution in [0.3, 0.4) is 0 Å². The second-order valence-corrected chi connectivity index (χ2v) is 13.7. The summed E-state index contributed by atoms with van der Waals surface area (Å²) in [4.78, 5) is 79.6. The van der Waals surface area contributed by atoms with Crippen molar-refractivity contribution in [3.05, 3.63) is 87.0 Å². The maximum absolute atomic E-state index is 14.3. The number of fused-ring (bicyclic) bond motifs is 3. The first-order valence-corrected chi connectivity index (χ1v) is 16.0. The molecule has 1 saturated heterocycles. The van der Waals surface area contributed by atoms with Crippen LogP contribution in [0.25, 0.3) is 0 Å². The molecule has 4 atom stereocenters. The fourth-order valence-electron chi connectivity index (χ4n) is 7.21. The van der Waals surface area contributed by atoms with Gasteiger partial charge >= 0.3 is 11.4 Å². The summed E-state index contributed by atoms with van der Waals surface area (Å²) in [5, 5.41) is 34.5. The lowest BCUT2D eigenvalue weighted by atomic mass is 9.59. The Morgan fingerprint density at radius 1 is 1.02 bits per heavy atom. The Morgan fingerprint density at radius 2 is 1.66 bits per heavy atom. The number of aromatic hydroxyl groups is 1. The summed E-state index contributed by atoms with van der Waals surface area (Å²) in [7, 11) is 4.18. The number of methoxy groups -OCH3 is 1.